The monoisotopic (exact) mass is 710 g/mol. The molecule has 8 aromatic rings. The van der Waals surface area contributed by atoms with Gasteiger partial charge >= 0.3 is 52.4 Å². The Balaban J connectivity index is 0.000000258. The van der Waals surface area contributed by atoms with Crippen molar-refractivity contribution in [2.45, 2.75) is 0 Å². The third-order valence-electron chi connectivity index (χ3n) is 6.19. The number of fused-ring (bicyclic) bond motifs is 4. The van der Waals surface area contributed by atoms with Crippen LogP contribution in [0.5, 0.6) is 0 Å². The number of hydrogen-bond donors (Lipinski definition) is 0. The third-order valence-corrected chi connectivity index (χ3v) is 6.19. The summed E-state index contributed by atoms with van der Waals surface area (Å²) in [4.78, 5) is 0. The second-order valence-corrected chi connectivity index (χ2v) is 8.62. The first-order valence-corrected chi connectivity index (χ1v) is 12.3. The number of benzene rings is 4. The van der Waals surface area contributed by atoms with Crippen LogP contribution < -0.4 is 24.8 Å². The van der Waals surface area contributed by atoms with Crippen molar-refractivity contribution in [2.75, 3.05) is 0 Å². The molecule has 0 unspecified atom stereocenters. The summed E-state index contributed by atoms with van der Waals surface area (Å²) in [6, 6.07) is 58.7. The molecule has 196 valence electrons. The molecule has 0 nitrogen and oxygen atoms in total. The van der Waals surface area contributed by atoms with E-state index in [4.69, 9.17) is 0 Å². The van der Waals surface area contributed by atoms with Gasteiger partial charge in [0, 0.05) is 0 Å². The average molecular weight is 714 g/mol. The van der Waals surface area contributed by atoms with Crippen LogP contribution in [0.2, 0.25) is 0 Å². The maximum Gasteiger partial charge on any atom is 2.00 e. The zero-order chi connectivity index (χ0) is 24.4. The summed E-state index contributed by atoms with van der Waals surface area (Å²) in [6.07, 6.45) is 0. The Kier molecular flexibility index (Phi) is 16.9. The summed E-state index contributed by atoms with van der Waals surface area (Å²) in [7, 11) is 0. The molecule has 8 rings (SSSR count). The van der Waals surface area contributed by atoms with E-state index in [0.717, 1.165) is 0 Å². The first-order valence-electron chi connectivity index (χ1n) is 12.3. The molecule has 40 heavy (non-hydrogen) atoms. The van der Waals surface area contributed by atoms with Crippen LogP contribution in [-0.2, 0) is 52.4 Å². The predicted molar refractivity (Wildman–Crippen MR) is 158 cm³/mol. The smallest absolute Gasteiger partial charge is 1.00 e. The Bertz CT molecular complexity index is 1380. The molecule has 0 aliphatic heterocycles. The minimum Gasteiger partial charge on any atom is -1.00 e. The van der Waals surface area contributed by atoms with Crippen molar-refractivity contribution in [3.8, 4) is 0 Å². The number of hydrogen-bond acceptors (Lipinski definition) is 0. The van der Waals surface area contributed by atoms with Gasteiger partial charge in [-0.2, -0.15) is 70.1 Å². The van der Waals surface area contributed by atoms with Crippen molar-refractivity contribution in [1.82, 2.24) is 0 Å². The van der Waals surface area contributed by atoms with Crippen LogP contribution in [0.3, 0.4) is 0 Å². The molecular weight excluding hydrogens is 686 g/mol. The van der Waals surface area contributed by atoms with Gasteiger partial charge in [-0.05, 0) is 0 Å². The van der Waals surface area contributed by atoms with E-state index >= 15 is 0 Å². The van der Waals surface area contributed by atoms with Crippen molar-refractivity contribution < 1.29 is 77.2 Å². The van der Waals surface area contributed by atoms with Gasteiger partial charge in [0.25, 0.3) is 0 Å². The van der Waals surface area contributed by atoms with Gasteiger partial charge in [-0.25, -0.2) is 0 Å². The standard InChI is InChI=1S/4C9H7.2ClH.2Zr/c4*1-2-5-9-7-3-6-8(9)4-1;;;;/h4*1-7H;2*1H;;/q4*-1;;;2*+2/p-2. The van der Waals surface area contributed by atoms with Crippen molar-refractivity contribution in [2.24, 2.45) is 0 Å². The molecule has 8 aromatic carbocycles. The molecule has 0 spiro atoms. The fraction of sp³-hybridized carbons (Fsp3) is 0. The maximum atomic E-state index is 2.12. The van der Waals surface area contributed by atoms with Crippen molar-refractivity contribution in [3.63, 3.8) is 0 Å². The molecule has 0 atom stereocenters. The van der Waals surface area contributed by atoms with Crippen LogP contribution in [0, 0.1) is 0 Å². The molecule has 0 amide bonds. The van der Waals surface area contributed by atoms with E-state index in [1.807, 2.05) is 0 Å². The van der Waals surface area contributed by atoms with Gasteiger partial charge in [0.15, 0.2) is 0 Å². The van der Waals surface area contributed by atoms with Crippen LogP contribution in [0.15, 0.2) is 170 Å². The summed E-state index contributed by atoms with van der Waals surface area (Å²) >= 11 is 0. The summed E-state index contributed by atoms with van der Waals surface area (Å²) in [5, 5.41) is 10.6. The fourth-order valence-corrected chi connectivity index (χ4v) is 4.28. The number of rotatable bonds is 0. The quantitative estimate of drug-likeness (QED) is 0.207. The normalized spacial score (nSPS) is 9.20. The van der Waals surface area contributed by atoms with Gasteiger partial charge in [-0.3, -0.25) is 0 Å². The van der Waals surface area contributed by atoms with Crippen LogP contribution in [0.1, 0.15) is 0 Å². The molecule has 0 aromatic heterocycles. The van der Waals surface area contributed by atoms with E-state index in [9.17, 15) is 0 Å². The van der Waals surface area contributed by atoms with Crippen molar-refractivity contribution >= 4 is 43.1 Å². The molecule has 0 saturated heterocycles. The van der Waals surface area contributed by atoms with E-state index in [1.54, 1.807) is 0 Å². The van der Waals surface area contributed by atoms with Gasteiger partial charge in [0.1, 0.15) is 0 Å². The molecule has 0 saturated carbocycles. The summed E-state index contributed by atoms with van der Waals surface area (Å²) in [5.41, 5.74) is 0. The van der Waals surface area contributed by atoms with Gasteiger partial charge in [-0.15, -0.1) is 119 Å². The second-order valence-electron chi connectivity index (χ2n) is 8.62. The first-order chi connectivity index (χ1) is 17.9. The Morgan fingerprint density at radius 1 is 0.275 bits per heavy atom. The van der Waals surface area contributed by atoms with E-state index in [0.29, 0.717) is 0 Å². The molecule has 0 aliphatic rings. The first kappa shape index (κ1) is 35.7. The number of halogens is 2. The Morgan fingerprint density at radius 2 is 0.475 bits per heavy atom. The Hall–Kier alpha value is -2.33. The maximum absolute atomic E-state index is 2.12. The van der Waals surface area contributed by atoms with E-state index in [1.165, 1.54) is 43.1 Å². The Morgan fingerprint density at radius 3 is 0.675 bits per heavy atom. The van der Waals surface area contributed by atoms with Gasteiger partial charge in [0.05, 0.1) is 0 Å². The minimum atomic E-state index is 0. The summed E-state index contributed by atoms with van der Waals surface area (Å²) < 4.78 is 0. The zero-order valence-electron chi connectivity index (χ0n) is 21.9. The minimum absolute atomic E-state index is 0. The molecule has 0 fully saturated rings. The SMILES string of the molecule is [Cl-].[Cl-].[Zr+2].[Zr+2].c1ccc2[cH-]ccc2c1.c1ccc2[cH-]ccc2c1.c1ccc2[cH-]ccc2c1.c1ccc2[cH-]ccc2c1. The largest absolute Gasteiger partial charge is 2.00 e. The van der Waals surface area contributed by atoms with Gasteiger partial charge in [-0.1, -0.05) is 24.3 Å². The van der Waals surface area contributed by atoms with E-state index in [-0.39, 0.29) is 77.2 Å². The van der Waals surface area contributed by atoms with E-state index < -0.39 is 0 Å². The summed E-state index contributed by atoms with van der Waals surface area (Å²) in [5.74, 6) is 0. The topological polar surface area (TPSA) is 0 Å². The molecule has 0 aliphatic carbocycles. The molecule has 0 N–H and O–H groups in total. The van der Waals surface area contributed by atoms with Crippen LogP contribution in [0.25, 0.3) is 43.1 Å². The third kappa shape index (κ3) is 9.94. The second kappa shape index (κ2) is 18.9. The van der Waals surface area contributed by atoms with Gasteiger partial charge < -0.3 is 24.8 Å². The van der Waals surface area contributed by atoms with Crippen LogP contribution >= 0.6 is 0 Å². The summed E-state index contributed by atoms with van der Waals surface area (Å²) in [6.45, 7) is 0. The van der Waals surface area contributed by atoms with Crippen LogP contribution in [0.4, 0.5) is 0 Å². The van der Waals surface area contributed by atoms with Crippen molar-refractivity contribution in [1.29, 1.82) is 0 Å². The van der Waals surface area contributed by atoms with Crippen molar-refractivity contribution in [3.05, 3.63) is 170 Å². The molecule has 4 heteroatoms. The van der Waals surface area contributed by atoms with E-state index in [2.05, 4.69) is 170 Å². The Labute approximate surface area is 287 Å². The molecule has 0 radical (unpaired) electrons. The predicted octanol–water partition coefficient (Wildman–Crippen LogP) is 4.24. The molecular formula is C36H28Cl2Zr2-2. The zero-order valence-corrected chi connectivity index (χ0v) is 28.3. The average Bonchev–Trinajstić information content (AvgIpc) is 3.76. The van der Waals surface area contributed by atoms with Gasteiger partial charge in [0.2, 0.25) is 0 Å². The van der Waals surface area contributed by atoms with Crippen LogP contribution in [-0.4, -0.2) is 0 Å². The fourth-order valence-electron chi connectivity index (χ4n) is 4.28. The molecule has 0 heterocycles. The molecule has 0 bridgehead atoms.